The lowest BCUT2D eigenvalue weighted by molar-refractivity contribution is -0.670. The Balaban J connectivity index is 1.85. The molecule has 25 heavy (non-hydrogen) atoms. The van der Waals surface area contributed by atoms with Gasteiger partial charge in [0.2, 0.25) is 5.69 Å². The van der Waals surface area contributed by atoms with Crippen LogP contribution in [0.2, 0.25) is 0 Å². The van der Waals surface area contributed by atoms with Crippen LogP contribution in [-0.4, -0.2) is 0 Å². The highest BCUT2D eigenvalue weighted by molar-refractivity contribution is 6.25. The van der Waals surface area contributed by atoms with Crippen molar-refractivity contribution < 1.29 is 4.57 Å². The van der Waals surface area contributed by atoms with Gasteiger partial charge in [0.25, 0.3) is 0 Å². The van der Waals surface area contributed by atoms with Gasteiger partial charge in [-0.05, 0) is 27.6 Å². The zero-order valence-electron chi connectivity index (χ0n) is 13.7. The van der Waals surface area contributed by atoms with Crippen LogP contribution in [0.3, 0.4) is 0 Å². The first-order valence-corrected chi connectivity index (χ1v) is 8.75. The van der Waals surface area contributed by atoms with E-state index in [1.54, 1.807) is 0 Å². The fourth-order valence-electron chi connectivity index (χ4n) is 4.39. The molecular weight excluding hydrogens is 302 g/mol. The minimum absolute atomic E-state index is 0.961. The predicted octanol–water partition coefficient (Wildman–Crippen LogP) is 5.46. The maximum absolute atomic E-state index is 2.40. The molecule has 1 heteroatoms. The van der Waals surface area contributed by atoms with Gasteiger partial charge in [-0.2, -0.15) is 4.57 Å². The third-order valence-corrected chi connectivity index (χ3v) is 5.52. The molecule has 0 amide bonds. The van der Waals surface area contributed by atoms with E-state index in [0.717, 1.165) is 6.54 Å². The fourth-order valence-corrected chi connectivity index (χ4v) is 4.39. The second kappa shape index (κ2) is 4.67. The Hall–Kier alpha value is -3.19. The molecule has 116 valence electrons. The Kier molecular flexibility index (Phi) is 2.46. The van der Waals surface area contributed by atoms with Crippen molar-refractivity contribution in [1.29, 1.82) is 0 Å². The van der Waals surface area contributed by atoms with Crippen molar-refractivity contribution in [2.24, 2.45) is 0 Å². The molecule has 0 saturated heterocycles. The smallest absolute Gasteiger partial charge is 0.193 e. The molecule has 0 saturated carbocycles. The van der Waals surface area contributed by atoms with Crippen molar-refractivity contribution in [3.63, 3.8) is 0 Å². The molecule has 0 N–H and O–H groups in total. The number of aromatic nitrogens is 1. The highest BCUT2D eigenvalue weighted by Crippen LogP contribution is 2.37. The van der Waals surface area contributed by atoms with Gasteiger partial charge in [0.05, 0.1) is 10.9 Å². The lowest BCUT2D eigenvalue weighted by Gasteiger charge is -2.09. The Labute approximate surface area is 145 Å². The molecule has 0 atom stereocenters. The average molecular weight is 318 g/mol. The number of hydrogen-bond acceptors (Lipinski definition) is 0. The average Bonchev–Trinajstić information content (AvgIpc) is 3.04. The van der Waals surface area contributed by atoms with Crippen molar-refractivity contribution >= 4 is 32.3 Å². The molecule has 2 heterocycles. The van der Waals surface area contributed by atoms with E-state index >= 15 is 0 Å². The highest BCUT2D eigenvalue weighted by Gasteiger charge is 2.27. The Morgan fingerprint density at radius 3 is 1.84 bits per heavy atom. The van der Waals surface area contributed by atoms with Crippen LogP contribution < -0.4 is 4.57 Å². The zero-order chi connectivity index (χ0) is 16.4. The molecule has 0 radical (unpaired) electrons. The summed E-state index contributed by atoms with van der Waals surface area (Å²) in [5.41, 5.74) is 4.09. The van der Waals surface area contributed by atoms with Crippen LogP contribution in [0.4, 0.5) is 0 Å². The molecule has 1 nitrogen and oxygen atoms in total. The first-order chi connectivity index (χ1) is 12.4. The first-order valence-electron chi connectivity index (χ1n) is 8.75. The van der Waals surface area contributed by atoms with Gasteiger partial charge in [-0.1, -0.05) is 66.7 Å². The number of fused-ring (bicyclic) bond motifs is 9. The molecule has 6 rings (SSSR count). The van der Waals surface area contributed by atoms with Crippen LogP contribution in [-0.2, 0) is 6.54 Å². The summed E-state index contributed by atoms with van der Waals surface area (Å²) in [6.45, 7) is 0.961. The first kappa shape index (κ1) is 13.1. The zero-order valence-corrected chi connectivity index (χ0v) is 13.7. The normalized spacial score (nSPS) is 12.6. The van der Waals surface area contributed by atoms with Crippen LogP contribution in [0, 0.1) is 0 Å². The van der Waals surface area contributed by atoms with Crippen LogP contribution >= 0.6 is 0 Å². The standard InChI is InChI=1S/C24H16N/c1-2-8-17-16(7-1)14-25-15-23-21-12-6-4-10-19(21)18-9-3-5-11-20(18)22(23)13-24(17)25/h1-13,15H,14H2/q+1. The van der Waals surface area contributed by atoms with Crippen LogP contribution in [0.15, 0.2) is 85.1 Å². The largest absolute Gasteiger partial charge is 0.213 e. The van der Waals surface area contributed by atoms with Gasteiger partial charge in [0.1, 0.15) is 0 Å². The molecule has 1 aliphatic heterocycles. The quantitative estimate of drug-likeness (QED) is 0.258. The third kappa shape index (κ3) is 1.70. The molecular formula is C24H16N+. The van der Waals surface area contributed by atoms with Gasteiger partial charge >= 0.3 is 0 Å². The molecule has 1 aromatic heterocycles. The van der Waals surface area contributed by atoms with Gasteiger partial charge in [-0.3, -0.25) is 0 Å². The summed E-state index contributed by atoms with van der Waals surface area (Å²) < 4.78 is 2.40. The molecule has 0 bridgehead atoms. The topological polar surface area (TPSA) is 3.88 Å². The number of pyridine rings is 1. The summed E-state index contributed by atoms with van der Waals surface area (Å²) in [5.74, 6) is 0. The summed E-state index contributed by atoms with van der Waals surface area (Å²) in [4.78, 5) is 0. The maximum atomic E-state index is 2.40. The number of rotatable bonds is 0. The molecule has 0 aliphatic carbocycles. The SMILES string of the molecule is c1ccc2c(c1)C[n+]1cc3c4ccccc4c4ccccc4c3cc1-2. The Morgan fingerprint density at radius 1 is 0.560 bits per heavy atom. The van der Waals surface area contributed by atoms with Gasteiger partial charge in [0.15, 0.2) is 12.7 Å². The van der Waals surface area contributed by atoms with Crippen molar-refractivity contribution in [1.82, 2.24) is 0 Å². The van der Waals surface area contributed by atoms with Gasteiger partial charge in [-0.15, -0.1) is 0 Å². The summed E-state index contributed by atoms with van der Waals surface area (Å²) in [6, 6.07) is 28.7. The Bertz CT molecular complexity index is 1310. The van der Waals surface area contributed by atoms with Crippen molar-refractivity contribution in [3.8, 4) is 11.3 Å². The van der Waals surface area contributed by atoms with Crippen LogP contribution in [0.5, 0.6) is 0 Å². The van der Waals surface area contributed by atoms with E-state index in [-0.39, 0.29) is 0 Å². The van der Waals surface area contributed by atoms with E-state index in [1.165, 1.54) is 49.1 Å². The second-order valence-corrected chi connectivity index (χ2v) is 6.86. The summed E-state index contributed by atoms with van der Waals surface area (Å²) in [7, 11) is 0. The molecule has 0 spiro atoms. The predicted molar refractivity (Wildman–Crippen MR) is 104 cm³/mol. The fraction of sp³-hybridized carbons (Fsp3) is 0.0417. The van der Waals surface area contributed by atoms with E-state index in [1.807, 2.05) is 0 Å². The van der Waals surface area contributed by atoms with Crippen molar-refractivity contribution in [3.05, 3.63) is 90.6 Å². The molecule has 0 unspecified atom stereocenters. The van der Waals surface area contributed by atoms with Crippen molar-refractivity contribution in [2.45, 2.75) is 6.54 Å². The van der Waals surface area contributed by atoms with Gasteiger partial charge in [-0.25, -0.2) is 0 Å². The highest BCUT2D eigenvalue weighted by atomic mass is 15.0. The lowest BCUT2D eigenvalue weighted by atomic mass is 9.94. The lowest BCUT2D eigenvalue weighted by Crippen LogP contribution is -2.31. The maximum Gasteiger partial charge on any atom is 0.213 e. The van der Waals surface area contributed by atoms with Gasteiger partial charge < -0.3 is 0 Å². The number of nitrogens with zero attached hydrogens (tertiary/aromatic N) is 1. The van der Waals surface area contributed by atoms with E-state index in [4.69, 9.17) is 0 Å². The van der Waals surface area contributed by atoms with Crippen LogP contribution in [0.25, 0.3) is 43.6 Å². The van der Waals surface area contributed by atoms with Crippen LogP contribution in [0.1, 0.15) is 5.56 Å². The molecule has 1 aliphatic rings. The monoisotopic (exact) mass is 318 g/mol. The second-order valence-electron chi connectivity index (χ2n) is 6.86. The molecule has 5 aromatic rings. The summed E-state index contributed by atoms with van der Waals surface area (Å²) in [6.07, 6.45) is 2.35. The minimum atomic E-state index is 0.961. The number of benzene rings is 4. The molecule has 4 aromatic carbocycles. The summed E-state index contributed by atoms with van der Waals surface area (Å²) in [5, 5.41) is 8.03. The number of hydrogen-bond donors (Lipinski definition) is 0. The summed E-state index contributed by atoms with van der Waals surface area (Å²) >= 11 is 0. The molecule has 0 fully saturated rings. The third-order valence-electron chi connectivity index (χ3n) is 5.52. The van der Waals surface area contributed by atoms with E-state index in [2.05, 4.69) is 89.6 Å². The minimum Gasteiger partial charge on any atom is -0.193 e. The van der Waals surface area contributed by atoms with Gasteiger partial charge in [0, 0.05) is 17.0 Å². The van der Waals surface area contributed by atoms with Crippen molar-refractivity contribution in [2.75, 3.05) is 0 Å². The van der Waals surface area contributed by atoms with E-state index in [9.17, 15) is 0 Å². The van der Waals surface area contributed by atoms with E-state index < -0.39 is 0 Å². The van der Waals surface area contributed by atoms with E-state index in [0.29, 0.717) is 0 Å². The Morgan fingerprint density at radius 2 is 1.12 bits per heavy atom.